The fraction of sp³-hybridized carbons (Fsp3) is 0.214. The zero-order chi connectivity index (χ0) is 15.4. The summed E-state index contributed by atoms with van der Waals surface area (Å²) in [6.07, 6.45) is 6.30. The Kier molecular flexibility index (Phi) is 4.22. The molecule has 0 saturated carbocycles. The monoisotopic (exact) mass is 288 g/mol. The van der Waals surface area contributed by atoms with Crippen LogP contribution in [0.25, 0.3) is 6.08 Å². The molecule has 2 aromatic rings. The largest absolute Gasteiger partial charge is 0.466 e. The van der Waals surface area contributed by atoms with E-state index >= 15 is 0 Å². The Morgan fingerprint density at radius 1 is 1.33 bits per heavy atom. The summed E-state index contributed by atoms with van der Waals surface area (Å²) in [5, 5.41) is 3.97. The number of hydrogen-bond donors (Lipinski definition) is 2. The molecule has 2 N–H and O–H groups in total. The van der Waals surface area contributed by atoms with Crippen molar-refractivity contribution in [2.45, 2.75) is 13.8 Å². The predicted octanol–water partition coefficient (Wildman–Crippen LogP) is 1.10. The Hall–Kier alpha value is -2.83. The van der Waals surface area contributed by atoms with Crippen LogP contribution in [0.2, 0.25) is 0 Å². The first-order valence-electron chi connectivity index (χ1n) is 6.30. The minimum Gasteiger partial charge on any atom is -0.466 e. The first kappa shape index (κ1) is 14.6. The molecule has 7 nitrogen and oxygen atoms in total. The van der Waals surface area contributed by atoms with Crippen molar-refractivity contribution in [1.82, 2.24) is 20.6 Å². The fourth-order valence-corrected chi connectivity index (χ4v) is 1.78. The van der Waals surface area contributed by atoms with Gasteiger partial charge in [-0.3, -0.25) is 25.1 Å². The van der Waals surface area contributed by atoms with Gasteiger partial charge in [0.25, 0.3) is 11.8 Å². The molecule has 0 fully saturated rings. The number of nitrogens with zero attached hydrogens (tertiary/aromatic N) is 2. The highest BCUT2D eigenvalue weighted by Crippen LogP contribution is 2.12. The molecule has 2 rings (SSSR count). The summed E-state index contributed by atoms with van der Waals surface area (Å²) in [7, 11) is 1.78. The van der Waals surface area contributed by atoms with Crippen molar-refractivity contribution in [3.63, 3.8) is 0 Å². The summed E-state index contributed by atoms with van der Waals surface area (Å²) in [6.45, 7) is 3.44. The topological polar surface area (TPSA) is 89.2 Å². The lowest BCUT2D eigenvalue weighted by Crippen LogP contribution is -2.40. The molecule has 21 heavy (non-hydrogen) atoms. The summed E-state index contributed by atoms with van der Waals surface area (Å²) < 4.78 is 6.88. The smallest absolute Gasteiger partial charge is 0.273 e. The van der Waals surface area contributed by atoms with Crippen LogP contribution in [0.1, 0.15) is 27.4 Å². The molecule has 2 heterocycles. The van der Waals surface area contributed by atoms with E-state index in [0.717, 1.165) is 5.56 Å². The van der Waals surface area contributed by atoms with Gasteiger partial charge in [0.1, 0.15) is 11.5 Å². The van der Waals surface area contributed by atoms with Crippen molar-refractivity contribution in [3.05, 3.63) is 47.2 Å². The molecule has 0 aliphatic rings. The molecule has 0 aliphatic heterocycles. The number of carbonyl (C=O) groups is 2. The number of carbonyl (C=O) groups excluding carboxylic acids is 2. The lowest BCUT2D eigenvalue weighted by atomic mass is 10.2. The molecular weight excluding hydrogens is 272 g/mol. The van der Waals surface area contributed by atoms with Gasteiger partial charge in [-0.25, -0.2) is 0 Å². The maximum atomic E-state index is 11.8. The van der Waals surface area contributed by atoms with E-state index in [1.807, 2.05) is 0 Å². The molecule has 0 saturated heterocycles. The van der Waals surface area contributed by atoms with Gasteiger partial charge in [0.2, 0.25) is 0 Å². The number of furan rings is 1. The molecule has 110 valence electrons. The number of amides is 2. The van der Waals surface area contributed by atoms with E-state index in [9.17, 15) is 9.59 Å². The van der Waals surface area contributed by atoms with Gasteiger partial charge < -0.3 is 4.42 Å². The quantitative estimate of drug-likeness (QED) is 0.654. The Bertz CT molecular complexity index is 697. The standard InChI is InChI=1S/C14H16N4O3/c1-9-6-12(10(2)21-9)14(20)17-16-13(19)5-4-11-7-15-18(3)8-11/h4-8H,1-3H3,(H,16,19)(H,17,20)/b5-4+. The minimum absolute atomic E-state index is 0.393. The van der Waals surface area contributed by atoms with Crippen molar-refractivity contribution < 1.29 is 14.0 Å². The van der Waals surface area contributed by atoms with Crippen LogP contribution in [0.4, 0.5) is 0 Å². The maximum Gasteiger partial charge on any atom is 0.273 e. The van der Waals surface area contributed by atoms with E-state index in [1.54, 1.807) is 50.1 Å². The summed E-state index contributed by atoms with van der Waals surface area (Å²) in [5.74, 6) is 0.281. The van der Waals surface area contributed by atoms with Gasteiger partial charge in [-0.1, -0.05) is 0 Å². The predicted molar refractivity (Wildman–Crippen MR) is 76.0 cm³/mol. The second-order valence-electron chi connectivity index (χ2n) is 4.55. The van der Waals surface area contributed by atoms with Crippen molar-refractivity contribution in [2.75, 3.05) is 0 Å². The van der Waals surface area contributed by atoms with E-state index in [1.165, 1.54) is 6.08 Å². The van der Waals surface area contributed by atoms with E-state index in [2.05, 4.69) is 16.0 Å². The Balaban J connectivity index is 1.88. The van der Waals surface area contributed by atoms with Crippen LogP contribution in [0.3, 0.4) is 0 Å². The van der Waals surface area contributed by atoms with E-state index in [-0.39, 0.29) is 0 Å². The minimum atomic E-state index is -0.440. The van der Waals surface area contributed by atoms with Crippen LogP contribution in [0.15, 0.2) is 29.0 Å². The van der Waals surface area contributed by atoms with Crippen LogP contribution >= 0.6 is 0 Å². The number of aromatic nitrogens is 2. The molecule has 0 spiro atoms. The molecule has 0 bridgehead atoms. The van der Waals surface area contributed by atoms with Crippen molar-refractivity contribution in [2.24, 2.45) is 7.05 Å². The van der Waals surface area contributed by atoms with E-state index in [4.69, 9.17) is 4.42 Å². The first-order valence-corrected chi connectivity index (χ1v) is 6.30. The second kappa shape index (κ2) is 6.08. The second-order valence-corrected chi connectivity index (χ2v) is 4.55. The highest BCUT2D eigenvalue weighted by molar-refractivity contribution is 5.98. The first-order chi connectivity index (χ1) is 9.95. The molecule has 0 unspecified atom stereocenters. The molecule has 0 aliphatic carbocycles. The summed E-state index contributed by atoms with van der Waals surface area (Å²) >= 11 is 0. The van der Waals surface area contributed by atoms with Gasteiger partial charge in [0, 0.05) is 24.9 Å². The number of hydrogen-bond acceptors (Lipinski definition) is 4. The molecular formula is C14H16N4O3. The van der Waals surface area contributed by atoms with Gasteiger partial charge in [-0.2, -0.15) is 5.10 Å². The summed E-state index contributed by atoms with van der Waals surface area (Å²) in [4.78, 5) is 23.4. The molecule has 0 aromatic carbocycles. The van der Waals surface area contributed by atoms with Crippen LogP contribution < -0.4 is 10.9 Å². The van der Waals surface area contributed by atoms with Crippen LogP contribution in [-0.4, -0.2) is 21.6 Å². The average molecular weight is 288 g/mol. The third-order valence-electron chi connectivity index (χ3n) is 2.74. The normalized spacial score (nSPS) is 10.8. The molecule has 2 amide bonds. The summed E-state index contributed by atoms with van der Waals surface area (Å²) in [5.41, 5.74) is 5.81. The molecule has 7 heteroatoms. The van der Waals surface area contributed by atoms with Crippen molar-refractivity contribution in [3.8, 4) is 0 Å². The zero-order valence-corrected chi connectivity index (χ0v) is 12.0. The van der Waals surface area contributed by atoms with E-state index in [0.29, 0.717) is 17.1 Å². The van der Waals surface area contributed by atoms with Crippen LogP contribution in [0, 0.1) is 13.8 Å². The lowest BCUT2D eigenvalue weighted by molar-refractivity contribution is -0.117. The molecule has 0 radical (unpaired) electrons. The molecule has 2 aromatic heterocycles. The van der Waals surface area contributed by atoms with Crippen molar-refractivity contribution in [1.29, 1.82) is 0 Å². The zero-order valence-electron chi connectivity index (χ0n) is 12.0. The van der Waals surface area contributed by atoms with Gasteiger partial charge in [-0.05, 0) is 26.0 Å². The highest BCUT2D eigenvalue weighted by atomic mass is 16.3. The number of rotatable bonds is 3. The Morgan fingerprint density at radius 3 is 2.67 bits per heavy atom. The highest BCUT2D eigenvalue weighted by Gasteiger charge is 2.13. The fourth-order valence-electron chi connectivity index (χ4n) is 1.78. The van der Waals surface area contributed by atoms with Gasteiger partial charge in [-0.15, -0.1) is 0 Å². The van der Waals surface area contributed by atoms with Gasteiger partial charge in [0.05, 0.1) is 11.8 Å². The SMILES string of the molecule is Cc1cc(C(=O)NNC(=O)/C=C/c2cnn(C)c2)c(C)o1. The van der Waals surface area contributed by atoms with Crippen LogP contribution in [-0.2, 0) is 11.8 Å². The average Bonchev–Trinajstić information content (AvgIpc) is 2.99. The maximum absolute atomic E-state index is 11.8. The molecule has 0 atom stereocenters. The number of aryl methyl sites for hydroxylation is 3. The number of hydrazine groups is 1. The third-order valence-corrected chi connectivity index (χ3v) is 2.74. The van der Waals surface area contributed by atoms with E-state index < -0.39 is 11.8 Å². The van der Waals surface area contributed by atoms with Crippen LogP contribution in [0.5, 0.6) is 0 Å². The van der Waals surface area contributed by atoms with Crippen molar-refractivity contribution >= 4 is 17.9 Å². The third kappa shape index (κ3) is 3.82. The lowest BCUT2D eigenvalue weighted by Gasteiger charge is -2.03. The number of nitrogens with one attached hydrogen (secondary N) is 2. The van der Waals surface area contributed by atoms with Gasteiger partial charge in [0.15, 0.2) is 0 Å². The van der Waals surface area contributed by atoms with Gasteiger partial charge >= 0.3 is 0 Å². The Morgan fingerprint density at radius 2 is 2.10 bits per heavy atom. The summed E-state index contributed by atoms with van der Waals surface area (Å²) in [6, 6.07) is 1.61. The Labute approximate surface area is 121 Å².